The molecule has 8 nitrogen and oxygen atoms in total. The molecule has 3 rings (SSSR count). The molecule has 8 heteroatoms. The molecular weight excluding hydrogens is 258 g/mol. The highest BCUT2D eigenvalue weighted by molar-refractivity contribution is 6.01. The van der Waals surface area contributed by atoms with Gasteiger partial charge in [-0.05, 0) is 23.4 Å². The summed E-state index contributed by atoms with van der Waals surface area (Å²) in [5.41, 5.74) is 1.34. The predicted molar refractivity (Wildman–Crippen MR) is 69.6 cm³/mol. The number of hydrogen-bond donors (Lipinski definition) is 2. The smallest absolute Gasteiger partial charge is 0.293 e. The molecule has 0 aliphatic heterocycles. The van der Waals surface area contributed by atoms with E-state index in [-0.39, 0.29) is 11.7 Å². The van der Waals surface area contributed by atoms with E-state index in [0.717, 1.165) is 5.56 Å². The van der Waals surface area contributed by atoms with Crippen molar-refractivity contribution < 1.29 is 4.79 Å². The largest absolute Gasteiger partial charge is 0.319 e. The minimum atomic E-state index is -0.379. The Morgan fingerprint density at radius 2 is 2.00 bits per heavy atom. The Labute approximate surface area is 113 Å². The maximum atomic E-state index is 11.9. The summed E-state index contributed by atoms with van der Waals surface area (Å²) >= 11 is 0. The lowest BCUT2D eigenvalue weighted by Crippen LogP contribution is -2.15. The number of rotatable bonds is 3. The molecule has 1 aromatic carbocycles. The van der Waals surface area contributed by atoms with Crippen LogP contribution in [0.1, 0.15) is 10.6 Å². The predicted octanol–water partition coefficient (Wildman–Crippen LogP) is 0.909. The summed E-state index contributed by atoms with van der Waals surface area (Å²) in [6, 6.07) is 8.75. The van der Waals surface area contributed by atoms with Crippen LogP contribution < -0.4 is 5.32 Å². The van der Waals surface area contributed by atoms with Crippen molar-refractivity contribution >= 4 is 11.6 Å². The molecule has 20 heavy (non-hydrogen) atoms. The summed E-state index contributed by atoms with van der Waals surface area (Å²) in [5.74, 6) is 0.186. The quantitative estimate of drug-likeness (QED) is 0.730. The van der Waals surface area contributed by atoms with Gasteiger partial charge in [-0.25, -0.2) is 9.97 Å². The van der Waals surface area contributed by atoms with E-state index < -0.39 is 0 Å². The van der Waals surface area contributed by atoms with Gasteiger partial charge in [-0.15, -0.1) is 10.2 Å². The average molecular weight is 267 g/mol. The number of anilines is 1. The van der Waals surface area contributed by atoms with Gasteiger partial charge in [-0.2, -0.15) is 5.21 Å². The van der Waals surface area contributed by atoms with Gasteiger partial charge < -0.3 is 5.32 Å². The molecule has 0 aliphatic rings. The van der Waals surface area contributed by atoms with E-state index in [2.05, 4.69) is 35.9 Å². The van der Waals surface area contributed by atoms with Crippen molar-refractivity contribution in [2.24, 2.45) is 0 Å². The third-order valence-electron chi connectivity index (χ3n) is 2.49. The van der Waals surface area contributed by atoms with E-state index in [1.54, 1.807) is 24.3 Å². The molecule has 0 saturated heterocycles. The minimum Gasteiger partial charge on any atom is -0.319 e. The summed E-state index contributed by atoms with van der Waals surface area (Å²) in [4.78, 5) is 19.7. The fourth-order valence-electron chi connectivity index (χ4n) is 1.62. The molecule has 98 valence electrons. The van der Waals surface area contributed by atoms with Gasteiger partial charge in [0.05, 0.1) is 0 Å². The molecule has 0 aliphatic carbocycles. The maximum absolute atomic E-state index is 11.9. The molecule has 0 unspecified atom stereocenters. The summed E-state index contributed by atoms with van der Waals surface area (Å²) in [6.45, 7) is 0. The van der Waals surface area contributed by atoms with E-state index in [4.69, 9.17) is 0 Å². The summed E-state index contributed by atoms with van der Waals surface area (Å²) in [6.07, 6.45) is 3.02. The van der Waals surface area contributed by atoms with Crippen molar-refractivity contribution in [3.05, 3.63) is 48.5 Å². The first-order valence-corrected chi connectivity index (χ1v) is 5.75. The lowest BCUT2D eigenvalue weighted by molar-refractivity contribution is 0.101. The molecule has 2 N–H and O–H groups in total. The minimum absolute atomic E-state index is 0.109. The number of benzene rings is 1. The number of tetrazole rings is 1. The third-order valence-corrected chi connectivity index (χ3v) is 2.49. The normalized spacial score (nSPS) is 10.2. The van der Waals surface area contributed by atoms with Crippen LogP contribution in [0.15, 0.2) is 42.7 Å². The van der Waals surface area contributed by atoms with Crippen molar-refractivity contribution in [2.75, 3.05) is 5.32 Å². The van der Waals surface area contributed by atoms with Crippen molar-refractivity contribution in [1.29, 1.82) is 0 Å². The van der Waals surface area contributed by atoms with Crippen LogP contribution in [0, 0.1) is 0 Å². The number of aromatic amines is 1. The zero-order valence-corrected chi connectivity index (χ0v) is 10.2. The number of hydrogen-bond acceptors (Lipinski definition) is 6. The van der Waals surface area contributed by atoms with Crippen molar-refractivity contribution in [3.8, 4) is 11.4 Å². The summed E-state index contributed by atoms with van der Waals surface area (Å²) in [7, 11) is 0. The molecule has 0 fully saturated rings. The highest BCUT2D eigenvalue weighted by Crippen LogP contribution is 2.18. The monoisotopic (exact) mass is 267 g/mol. The van der Waals surface area contributed by atoms with Gasteiger partial charge in [0.2, 0.25) is 11.6 Å². The molecule has 2 heterocycles. The highest BCUT2D eigenvalue weighted by Gasteiger charge is 2.09. The van der Waals surface area contributed by atoms with Crippen molar-refractivity contribution in [2.45, 2.75) is 0 Å². The van der Waals surface area contributed by atoms with Crippen LogP contribution in [0.4, 0.5) is 5.69 Å². The lowest BCUT2D eigenvalue weighted by Gasteiger charge is -2.04. The molecule has 0 saturated carbocycles. The second kappa shape index (κ2) is 5.22. The summed E-state index contributed by atoms with van der Waals surface area (Å²) < 4.78 is 0. The van der Waals surface area contributed by atoms with Crippen molar-refractivity contribution in [1.82, 2.24) is 30.6 Å². The van der Waals surface area contributed by atoms with Crippen LogP contribution in [0.5, 0.6) is 0 Å². The van der Waals surface area contributed by atoms with Gasteiger partial charge in [-0.3, -0.25) is 4.79 Å². The van der Waals surface area contributed by atoms with Crippen LogP contribution in [0.3, 0.4) is 0 Å². The Kier molecular flexibility index (Phi) is 3.11. The molecule has 0 bridgehead atoms. The van der Waals surface area contributed by atoms with Crippen LogP contribution >= 0.6 is 0 Å². The Morgan fingerprint density at radius 1 is 1.15 bits per heavy atom. The lowest BCUT2D eigenvalue weighted by atomic mass is 10.2. The number of nitrogens with zero attached hydrogens (tertiary/aromatic N) is 5. The maximum Gasteiger partial charge on any atom is 0.293 e. The van der Waals surface area contributed by atoms with E-state index in [9.17, 15) is 4.79 Å². The Balaban J connectivity index is 1.82. The molecule has 1 amide bonds. The van der Waals surface area contributed by atoms with Crippen LogP contribution in [-0.2, 0) is 0 Å². The zero-order chi connectivity index (χ0) is 13.8. The number of amides is 1. The zero-order valence-electron chi connectivity index (χ0n) is 10.2. The number of nitrogens with one attached hydrogen (secondary N) is 2. The van der Waals surface area contributed by atoms with Gasteiger partial charge >= 0.3 is 0 Å². The fraction of sp³-hybridized carbons (Fsp3) is 0. The second-order valence-electron chi connectivity index (χ2n) is 3.84. The van der Waals surface area contributed by atoms with Gasteiger partial charge in [0.25, 0.3) is 5.91 Å². The van der Waals surface area contributed by atoms with Gasteiger partial charge in [-0.1, -0.05) is 12.1 Å². The molecular formula is C12H9N7O. The summed E-state index contributed by atoms with van der Waals surface area (Å²) in [5, 5.41) is 16.3. The standard InChI is InChI=1S/C12H9N7O/c20-12(11-13-5-2-6-14-11)15-9-4-1-3-8(7-9)10-16-18-19-17-10/h1-7H,(H,15,20)(H,16,17,18,19). The van der Waals surface area contributed by atoms with Crippen LogP contribution in [0.25, 0.3) is 11.4 Å². The Morgan fingerprint density at radius 3 is 2.75 bits per heavy atom. The second-order valence-corrected chi connectivity index (χ2v) is 3.84. The van der Waals surface area contributed by atoms with Gasteiger partial charge in [0.1, 0.15) is 0 Å². The molecule has 0 spiro atoms. The first-order chi connectivity index (χ1) is 9.83. The van der Waals surface area contributed by atoms with Crippen LogP contribution in [-0.4, -0.2) is 36.5 Å². The first kappa shape index (κ1) is 11.9. The number of carbonyl (C=O) groups is 1. The van der Waals surface area contributed by atoms with Gasteiger partial charge in [0.15, 0.2) is 0 Å². The molecule has 2 aromatic heterocycles. The topological polar surface area (TPSA) is 109 Å². The molecule has 3 aromatic rings. The SMILES string of the molecule is O=C(Nc1cccc(-c2nn[nH]n2)c1)c1ncccn1. The Bertz CT molecular complexity index is 712. The fourth-order valence-corrected chi connectivity index (χ4v) is 1.62. The van der Waals surface area contributed by atoms with Gasteiger partial charge in [0, 0.05) is 23.6 Å². The average Bonchev–Trinajstić information content (AvgIpc) is 3.03. The molecule has 0 atom stereocenters. The number of aromatic nitrogens is 6. The number of carbonyl (C=O) groups excluding carboxylic acids is 1. The third kappa shape index (κ3) is 2.48. The number of H-pyrrole nitrogens is 1. The van der Waals surface area contributed by atoms with Crippen molar-refractivity contribution in [3.63, 3.8) is 0 Å². The van der Waals surface area contributed by atoms with E-state index in [1.807, 2.05) is 6.07 Å². The van der Waals surface area contributed by atoms with Crippen LogP contribution in [0.2, 0.25) is 0 Å². The highest BCUT2D eigenvalue weighted by atomic mass is 16.2. The van der Waals surface area contributed by atoms with E-state index >= 15 is 0 Å². The first-order valence-electron chi connectivity index (χ1n) is 5.75. The van der Waals surface area contributed by atoms with E-state index in [0.29, 0.717) is 11.5 Å². The Hall–Kier alpha value is -3.16. The molecule has 0 radical (unpaired) electrons. The van der Waals surface area contributed by atoms with E-state index in [1.165, 1.54) is 12.4 Å².